The summed E-state index contributed by atoms with van der Waals surface area (Å²) in [5.41, 5.74) is 6.31. The molecular weight excluding hydrogens is 242 g/mol. The van der Waals surface area contributed by atoms with Crippen molar-refractivity contribution < 1.29 is 5.11 Å². The van der Waals surface area contributed by atoms with Gasteiger partial charge in [-0.3, -0.25) is 0 Å². The molecule has 18 heavy (non-hydrogen) atoms. The second kappa shape index (κ2) is 5.63. The first kappa shape index (κ1) is 13.2. The molecule has 0 aliphatic heterocycles. The van der Waals surface area contributed by atoms with Crippen LogP contribution in [0.4, 0.5) is 0 Å². The van der Waals surface area contributed by atoms with Crippen LogP contribution in [-0.2, 0) is 6.42 Å². The van der Waals surface area contributed by atoms with E-state index in [1.54, 1.807) is 11.3 Å². The summed E-state index contributed by atoms with van der Waals surface area (Å²) in [6.07, 6.45) is 1.64. The van der Waals surface area contributed by atoms with Crippen molar-refractivity contribution in [1.82, 2.24) is 4.98 Å². The average molecular weight is 261 g/mol. The number of nitrogens with zero attached hydrogens (tertiary/aromatic N) is 1. The van der Waals surface area contributed by atoms with Crippen molar-refractivity contribution in [2.75, 3.05) is 6.61 Å². The first-order chi connectivity index (χ1) is 8.63. The fraction of sp³-hybridized carbons (Fsp3) is 0.400. The quantitative estimate of drug-likeness (QED) is 0.911. The van der Waals surface area contributed by atoms with Gasteiger partial charge in [0.2, 0.25) is 0 Å². The van der Waals surface area contributed by atoms with Crippen LogP contribution in [-0.4, -0.2) is 16.7 Å². The van der Waals surface area contributed by atoms with Crippen LogP contribution in [0.1, 0.15) is 28.8 Å². The zero-order valence-electron chi connectivity index (χ0n) is 11.2. The van der Waals surface area contributed by atoms with Gasteiger partial charge in [-0.05, 0) is 50.3 Å². The second-order valence-corrected chi connectivity index (χ2v) is 5.51. The summed E-state index contributed by atoms with van der Waals surface area (Å²) in [6.45, 7) is 6.69. The van der Waals surface area contributed by atoms with Crippen molar-refractivity contribution in [3.05, 3.63) is 39.9 Å². The zero-order chi connectivity index (χ0) is 13.1. The summed E-state index contributed by atoms with van der Waals surface area (Å²) >= 11 is 1.69. The fourth-order valence-electron chi connectivity index (χ4n) is 1.99. The molecule has 0 atom stereocenters. The number of thiazole rings is 1. The van der Waals surface area contributed by atoms with E-state index in [0.717, 1.165) is 23.5 Å². The predicted octanol–water partition coefficient (Wildman–Crippen LogP) is 3.66. The van der Waals surface area contributed by atoms with E-state index in [4.69, 9.17) is 5.11 Å². The zero-order valence-corrected chi connectivity index (χ0v) is 12.0. The summed E-state index contributed by atoms with van der Waals surface area (Å²) in [6, 6.07) is 4.32. The fourth-order valence-corrected chi connectivity index (χ4v) is 2.93. The number of aromatic nitrogens is 1. The van der Waals surface area contributed by atoms with Gasteiger partial charge >= 0.3 is 0 Å². The second-order valence-electron chi connectivity index (χ2n) is 4.65. The van der Waals surface area contributed by atoms with E-state index in [-0.39, 0.29) is 6.61 Å². The van der Waals surface area contributed by atoms with Crippen LogP contribution < -0.4 is 0 Å². The van der Waals surface area contributed by atoms with Gasteiger partial charge in [-0.25, -0.2) is 4.98 Å². The normalized spacial score (nSPS) is 10.9. The Bertz CT molecular complexity index is 545. The van der Waals surface area contributed by atoms with Gasteiger partial charge in [0, 0.05) is 17.6 Å². The Labute approximate surface area is 112 Å². The van der Waals surface area contributed by atoms with Crippen LogP contribution in [0.15, 0.2) is 17.5 Å². The van der Waals surface area contributed by atoms with Gasteiger partial charge in [0.15, 0.2) is 0 Å². The van der Waals surface area contributed by atoms with Crippen LogP contribution in [0, 0.1) is 20.8 Å². The summed E-state index contributed by atoms with van der Waals surface area (Å²) < 4.78 is 0. The molecule has 1 aromatic heterocycles. The molecule has 0 aliphatic carbocycles. The third-order valence-electron chi connectivity index (χ3n) is 3.43. The highest BCUT2D eigenvalue weighted by Gasteiger charge is 2.09. The molecule has 0 saturated carbocycles. The molecule has 3 heteroatoms. The maximum Gasteiger partial charge on any atom is 0.123 e. The Morgan fingerprint density at radius 3 is 2.67 bits per heavy atom. The summed E-state index contributed by atoms with van der Waals surface area (Å²) in [5, 5.41) is 12.0. The molecule has 2 aromatic rings. The van der Waals surface area contributed by atoms with Crippen LogP contribution in [0.3, 0.4) is 0 Å². The average Bonchev–Trinajstić information content (AvgIpc) is 2.82. The Balaban J connectivity index is 2.31. The molecule has 0 unspecified atom stereocenters. The van der Waals surface area contributed by atoms with Crippen molar-refractivity contribution in [1.29, 1.82) is 0 Å². The molecule has 0 bridgehead atoms. The number of aliphatic hydroxyl groups excluding tert-OH is 1. The smallest absolute Gasteiger partial charge is 0.123 e. The highest BCUT2D eigenvalue weighted by molar-refractivity contribution is 7.13. The summed E-state index contributed by atoms with van der Waals surface area (Å²) in [5.74, 6) is 0. The molecular formula is C15H19NOS. The first-order valence-corrected chi connectivity index (χ1v) is 7.14. The van der Waals surface area contributed by atoms with E-state index >= 15 is 0 Å². The first-order valence-electron chi connectivity index (χ1n) is 6.26. The summed E-state index contributed by atoms with van der Waals surface area (Å²) in [7, 11) is 0. The molecule has 2 rings (SSSR count). The highest BCUT2D eigenvalue weighted by atomic mass is 32.1. The van der Waals surface area contributed by atoms with Crippen molar-refractivity contribution in [3.8, 4) is 10.6 Å². The molecule has 0 radical (unpaired) electrons. The molecule has 1 aromatic carbocycles. The van der Waals surface area contributed by atoms with Crippen LogP contribution in [0.2, 0.25) is 0 Å². The van der Waals surface area contributed by atoms with Gasteiger partial charge < -0.3 is 5.11 Å². The Hall–Kier alpha value is -1.19. The molecule has 0 spiro atoms. The number of benzene rings is 1. The van der Waals surface area contributed by atoms with Gasteiger partial charge in [0.25, 0.3) is 0 Å². The van der Waals surface area contributed by atoms with Gasteiger partial charge in [-0.15, -0.1) is 11.3 Å². The number of rotatable bonds is 4. The minimum absolute atomic E-state index is 0.232. The van der Waals surface area contributed by atoms with E-state index < -0.39 is 0 Å². The topological polar surface area (TPSA) is 33.1 Å². The number of hydrogen-bond acceptors (Lipinski definition) is 3. The molecule has 96 valence electrons. The van der Waals surface area contributed by atoms with Crippen molar-refractivity contribution in [2.45, 2.75) is 33.6 Å². The highest BCUT2D eigenvalue weighted by Crippen LogP contribution is 2.30. The Morgan fingerprint density at radius 1 is 1.17 bits per heavy atom. The van der Waals surface area contributed by atoms with Gasteiger partial charge in [-0.2, -0.15) is 0 Å². The van der Waals surface area contributed by atoms with Crippen LogP contribution in [0.25, 0.3) is 10.6 Å². The van der Waals surface area contributed by atoms with Gasteiger partial charge in [0.1, 0.15) is 5.01 Å². The molecule has 1 heterocycles. The molecule has 2 nitrogen and oxygen atoms in total. The maximum absolute atomic E-state index is 8.84. The molecule has 0 fully saturated rings. The van der Waals surface area contributed by atoms with Gasteiger partial charge in [-0.1, -0.05) is 12.1 Å². The third kappa shape index (κ3) is 2.62. The van der Waals surface area contributed by atoms with E-state index in [1.165, 1.54) is 22.3 Å². The minimum Gasteiger partial charge on any atom is -0.396 e. The lowest BCUT2D eigenvalue weighted by molar-refractivity contribution is 0.288. The lowest BCUT2D eigenvalue weighted by atomic mass is 9.99. The van der Waals surface area contributed by atoms with Crippen molar-refractivity contribution >= 4 is 11.3 Å². The number of aryl methyl sites for hydroxylation is 2. The predicted molar refractivity (Wildman–Crippen MR) is 77.2 cm³/mol. The molecule has 0 amide bonds. The Kier molecular flexibility index (Phi) is 4.15. The largest absolute Gasteiger partial charge is 0.396 e. The van der Waals surface area contributed by atoms with Crippen molar-refractivity contribution in [2.24, 2.45) is 0 Å². The maximum atomic E-state index is 8.84. The van der Waals surface area contributed by atoms with Crippen molar-refractivity contribution in [3.63, 3.8) is 0 Å². The van der Waals surface area contributed by atoms with E-state index in [0.29, 0.717) is 0 Å². The molecule has 1 N–H and O–H groups in total. The van der Waals surface area contributed by atoms with Crippen LogP contribution >= 0.6 is 11.3 Å². The lowest BCUT2D eigenvalue weighted by Crippen LogP contribution is -1.92. The molecule has 0 aliphatic rings. The van der Waals surface area contributed by atoms with E-state index in [9.17, 15) is 0 Å². The van der Waals surface area contributed by atoms with Crippen LogP contribution in [0.5, 0.6) is 0 Å². The number of hydrogen-bond donors (Lipinski definition) is 1. The SMILES string of the molecule is Cc1ccc(-c2nc(CCCO)cs2)c(C)c1C. The Morgan fingerprint density at radius 2 is 1.94 bits per heavy atom. The van der Waals surface area contributed by atoms with E-state index in [1.807, 2.05) is 0 Å². The standard InChI is InChI=1S/C15H19NOS/c1-10-6-7-14(12(3)11(10)2)15-16-13(9-18-15)5-4-8-17/h6-7,9,17H,4-5,8H2,1-3H3. The molecule has 0 saturated heterocycles. The summed E-state index contributed by atoms with van der Waals surface area (Å²) in [4.78, 5) is 4.66. The minimum atomic E-state index is 0.232. The lowest BCUT2D eigenvalue weighted by Gasteiger charge is -2.08. The third-order valence-corrected chi connectivity index (χ3v) is 4.36. The monoisotopic (exact) mass is 261 g/mol. The number of aliphatic hydroxyl groups is 1. The van der Waals surface area contributed by atoms with E-state index in [2.05, 4.69) is 43.3 Å². The van der Waals surface area contributed by atoms with Gasteiger partial charge in [0.05, 0.1) is 5.69 Å².